The molecule has 0 spiro atoms. The second-order valence-corrected chi connectivity index (χ2v) is 15.0. The smallest absolute Gasteiger partial charge is 0.280 e. The number of carbonyl (C=O) groups excluding carboxylic acids is 2. The number of ether oxygens (including phenoxy) is 1. The van der Waals surface area contributed by atoms with Gasteiger partial charge in [0.1, 0.15) is 10.8 Å². The molecular weight excluding hydrogens is 638 g/mol. The van der Waals surface area contributed by atoms with Gasteiger partial charge in [0.05, 0.1) is 22.1 Å². The lowest BCUT2D eigenvalue weighted by Gasteiger charge is -2.22. The first-order chi connectivity index (χ1) is 21.2. The fourth-order valence-corrected chi connectivity index (χ4v) is 7.90. The molecule has 0 aliphatic heterocycles. The van der Waals surface area contributed by atoms with Crippen LogP contribution in [0.15, 0.2) is 88.0 Å². The minimum absolute atomic E-state index is 0.00531. The number of nitrogens with one attached hydrogen (secondary N) is 1. The Morgan fingerprint density at radius 3 is 2.52 bits per heavy atom. The average molecular weight is 670 g/mol. The van der Waals surface area contributed by atoms with E-state index in [0.29, 0.717) is 40.8 Å². The highest BCUT2D eigenvalue weighted by molar-refractivity contribution is 7.98. The number of hydrogen-bond donors (Lipinski definition) is 2. The summed E-state index contributed by atoms with van der Waals surface area (Å²) in [5, 5.41) is 6.25. The lowest BCUT2D eigenvalue weighted by Crippen LogP contribution is -2.48. The van der Waals surface area contributed by atoms with Gasteiger partial charge < -0.3 is 15.8 Å². The fraction of sp³-hybridized carbons (Fsp3) is 0.281. The summed E-state index contributed by atoms with van der Waals surface area (Å²) in [6.45, 7) is 0. The summed E-state index contributed by atoms with van der Waals surface area (Å²) in [5.74, 6) is 0.314. The molecule has 1 fully saturated rings. The number of aryl methyl sites for hydroxylation is 1. The van der Waals surface area contributed by atoms with Crippen molar-refractivity contribution in [2.75, 3.05) is 5.75 Å². The highest BCUT2D eigenvalue weighted by Gasteiger charge is 2.23. The number of thiazole rings is 1. The number of sulfone groups is 1. The molecule has 2 amide bonds. The van der Waals surface area contributed by atoms with Crippen LogP contribution in [0.3, 0.4) is 0 Å². The van der Waals surface area contributed by atoms with E-state index in [9.17, 15) is 18.0 Å². The molecular formula is C32H32ClN3O5S3. The third kappa shape index (κ3) is 8.62. The Kier molecular flexibility index (Phi) is 10.6. The molecule has 0 bridgehead atoms. The predicted molar refractivity (Wildman–Crippen MR) is 174 cm³/mol. The summed E-state index contributed by atoms with van der Waals surface area (Å²) in [6.07, 6.45) is 3.28. The number of nitrogens with zero attached hydrogens (tertiary/aromatic N) is 1. The van der Waals surface area contributed by atoms with Gasteiger partial charge in [0.15, 0.2) is 9.84 Å². The van der Waals surface area contributed by atoms with Crippen LogP contribution in [-0.2, 0) is 26.8 Å². The third-order valence-electron chi connectivity index (χ3n) is 7.30. The van der Waals surface area contributed by atoms with Gasteiger partial charge in [-0.1, -0.05) is 36.2 Å². The van der Waals surface area contributed by atoms with Crippen molar-refractivity contribution in [3.63, 3.8) is 0 Å². The van der Waals surface area contributed by atoms with Gasteiger partial charge in [-0.05, 0) is 85.8 Å². The number of hydrogen-bond acceptors (Lipinski definition) is 8. The first kappa shape index (κ1) is 32.0. The van der Waals surface area contributed by atoms with Crippen molar-refractivity contribution in [1.82, 2.24) is 10.3 Å². The maximum Gasteiger partial charge on any atom is 0.280 e. The van der Waals surface area contributed by atoms with Crippen LogP contribution in [0.2, 0.25) is 5.02 Å². The zero-order valence-electron chi connectivity index (χ0n) is 23.8. The van der Waals surface area contributed by atoms with Crippen LogP contribution in [0.25, 0.3) is 0 Å². The van der Waals surface area contributed by atoms with E-state index in [1.807, 2.05) is 6.07 Å². The number of primary amides is 1. The van der Waals surface area contributed by atoms with Crippen molar-refractivity contribution in [2.45, 2.75) is 59.8 Å². The highest BCUT2D eigenvalue weighted by atomic mass is 35.5. The molecule has 1 heterocycles. The molecule has 44 heavy (non-hydrogen) atoms. The first-order valence-corrected chi connectivity index (χ1v) is 18.1. The van der Waals surface area contributed by atoms with Crippen molar-refractivity contribution >= 4 is 56.4 Å². The van der Waals surface area contributed by atoms with E-state index in [4.69, 9.17) is 27.1 Å². The molecule has 230 valence electrons. The Balaban J connectivity index is 1.12. The molecule has 5 rings (SSSR count). The summed E-state index contributed by atoms with van der Waals surface area (Å²) >= 11 is 9.12. The second kappa shape index (κ2) is 14.6. The van der Waals surface area contributed by atoms with Gasteiger partial charge in [0.2, 0.25) is 0 Å². The number of amides is 2. The Morgan fingerprint density at radius 2 is 1.84 bits per heavy atom. The maximum atomic E-state index is 13.0. The molecule has 3 aromatic carbocycles. The molecule has 12 heteroatoms. The van der Waals surface area contributed by atoms with Crippen molar-refractivity contribution in [2.24, 2.45) is 5.73 Å². The summed E-state index contributed by atoms with van der Waals surface area (Å²) in [4.78, 5) is 31.0. The average Bonchev–Trinajstić information content (AvgIpc) is 3.44. The summed E-state index contributed by atoms with van der Waals surface area (Å²) < 4.78 is 30.8. The molecule has 4 aromatic rings. The molecule has 0 radical (unpaired) electrons. The van der Waals surface area contributed by atoms with E-state index in [1.54, 1.807) is 77.7 Å². The maximum absolute atomic E-state index is 13.0. The fourth-order valence-electron chi connectivity index (χ4n) is 4.61. The monoisotopic (exact) mass is 669 g/mol. The number of aromatic nitrogens is 1. The molecule has 1 aromatic heterocycles. The molecule has 1 aliphatic rings. The van der Waals surface area contributed by atoms with E-state index in [1.165, 1.54) is 37.1 Å². The van der Waals surface area contributed by atoms with Crippen LogP contribution in [0.5, 0.6) is 5.75 Å². The van der Waals surface area contributed by atoms with Crippen LogP contribution in [0, 0.1) is 0 Å². The van der Waals surface area contributed by atoms with Gasteiger partial charge in [-0.3, -0.25) is 9.59 Å². The summed E-state index contributed by atoms with van der Waals surface area (Å²) in [7, 11) is -3.41. The Bertz CT molecular complexity index is 1710. The third-order valence-corrected chi connectivity index (χ3v) is 11.4. The van der Waals surface area contributed by atoms with Crippen molar-refractivity contribution < 1.29 is 22.7 Å². The molecule has 3 N–H and O–H groups in total. The summed E-state index contributed by atoms with van der Waals surface area (Å²) in [5.41, 5.74) is 8.00. The Hall–Kier alpha value is -3.38. The number of benzene rings is 3. The molecule has 1 atom stereocenters. The van der Waals surface area contributed by atoms with Gasteiger partial charge >= 0.3 is 0 Å². The number of rotatable bonds is 14. The summed E-state index contributed by atoms with van der Waals surface area (Å²) in [6, 6.07) is 20.1. The SMILES string of the molecule is NC(=O)C(NC(=O)c1cccc(SCc2nc(C3CCC3)cs2)c1)Oc1ccc(CCCS(=O)(=O)c2ccc(Cl)cc2)cc1. The zero-order valence-corrected chi connectivity index (χ0v) is 27.0. The Morgan fingerprint density at radius 1 is 1.09 bits per heavy atom. The van der Waals surface area contributed by atoms with E-state index in [0.717, 1.165) is 15.5 Å². The van der Waals surface area contributed by atoms with Crippen molar-refractivity contribution in [3.05, 3.63) is 105 Å². The molecule has 1 aliphatic carbocycles. The zero-order chi connectivity index (χ0) is 31.1. The van der Waals surface area contributed by atoms with Gasteiger partial charge in [0, 0.05) is 26.8 Å². The van der Waals surface area contributed by atoms with E-state index < -0.39 is 27.9 Å². The molecule has 0 saturated heterocycles. The molecule has 8 nitrogen and oxygen atoms in total. The van der Waals surface area contributed by atoms with Crippen LogP contribution in [0.4, 0.5) is 0 Å². The standard InChI is InChI=1S/C32H32ClN3O5S3/c33-24-11-15-27(16-12-24)44(39,40)17-3-4-21-9-13-25(14-10-21)41-32(30(34)37)36-31(38)23-7-2-8-26(18-23)42-20-29-35-28(19-43-29)22-5-1-6-22/h2,7-16,18-19,22,32H,1,3-6,17,20H2,(H2,34,37)(H,36,38). The van der Waals surface area contributed by atoms with E-state index >= 15 is 0 Å². The largest absolute Gasteiger partial charge is 0.461 e. The second-order valence-electron chi connectivity index (χ2n) is 10.5. The number of thioether (sulfide) groups is 1. The van der Waals surface area contributed by atoms with E-state index in [2.05, 4.69) is 10.7 Å². The Labute approximate surface area is 270 Å². The van der Waals surface area contributed by atoms with Crippen molar-refractivity contribution in [3.8, 4) is 5.75 Å². The molecule has 1 saturated carbocycles. The topological polar surface area (TPSA) is 128 Å². The van der Waals surface area contributed by atoms with Crippen LogP contribution >= 0.6 is 34.7 Å². The number of nitrogens with two attached hydrogens (primary N) is 1. The van der Waals surface area contributed by atoms with Crippen LogP contribution in [-0.4, -0.2) is 37.2 Å². The first-order valence-electron chi connectivity index (χ1n) is 14.2. The van der Waals surface area contributed by atoms with Gasteiger partial charge in [0.25, 0.3) is 18.0 Å². The molecule has 1 unspecified atom stereocenters. The van der Waals surface area contributed by atoms with Gasteiger partial charge in [-0.15, -0.1) is 23.1 Å². The lowest BCUT2D eigenvalue weighted by molar-refractivity contribution is -0.125. The van der Waals surface area contributed by atoms with Crippen LogP contribution in [0.1, 0.15) is 58.2 Å². The number of halogens is 1. The van der Waals surface area contributed by atoms with Crippen LogP contribution < -0.4 is 15.8 Å². The highest BCUT2D eigenvalue weighted by Crippen LogP contribution is 2.37. The lowest BCUT2D eigenvalue weighted by atomic mass is 9.83. The predicted octanol–water partition coefficient (Wildman–Crippen LogP) is 6.38. The van der Waals surface area contributed by atoms with E-state index in [-0.39, 0.29) is 10.6 Å². The normalized spacial score (nSPS) is 14.0. The van der Waals surface area contributed by atoms with Crippen molar-refractivity contribution in [1.29, 1.82) is 0 Å². The quantitative estimate of drug-likeness (QED) is 0.118. The minimum atomic E-state index is -3.41. The van der Waals surface area contributed by atoms with Gasteiger partial charge in [-0.2, -0.15) is 0 Å². The van der Waals surface area contributed by atoms with Gasteiger partial charge in [-0.25, -0.2) is 13.4 Å². The minimum Gasteiger partial charge on any atom is -0.461 e. The number of carbonyl (C=O) groups is 2.